The molecule has 0 spiro atoms. The summed E-state index contributed by atoms with van der Waals surface area (Å²) in [6.07, 6.45) is 8.23. The molecule has 1 aromatic carbocycles. The van der Waals surface area contributed by atoms with Gasteiger partial charge in [0.15, 0.2) is 0 Å². The van der Waals surface area contributed by atoms with Crippen LogP contribution in [-0.4, -0.2) is 0 Å². The minimum atomic E-state index is 0.690. The van der Waals surface area contributed by atoms with Crippen LogP contribution in [0, 0.1) is 19.8 Å². The molecule has 1 atom stereocenters. The zero-order chi connectivity index (χ0) is 14.0. The number of allylic oxidation sites excluding steroid dienone is 4. The standard InChI is InChI=1S/C19H26/c1-6-19-15(4)10-17(11-16(19)5)12-18-8-7-13(2)9-14(18)3/h7,9-11,18H,6,8,12H2,1-5H3/t18-/m1/s1. The first-order valence-electron chi connectivity index (χ1n) is 7.45. The summed E-state index contributed by atoms with van der Waals surface area (Å²) in [5.41, 5.74) is 8.90. The first kappa shape index (κ1) is 14.1. The zero-order valence-electron chi connectivity index (χ0n) is 13.0. The van der Waals surface area contributed by atoms with Crippen molar-refractivity contribution < 1.29 is 0 Å². The van der Waals surface area contributed by atoms with E-state index in [2.05, 4.69) is 58.9 Å². The number of rotatable bonds is 3. The lowest BCUT2D eigenvalue weighted by atomic mass is 9.84. The molecule has 1 aromatic rings. The Bertz CT molecular complexity index is 506. The Morgan fingerprint density at radius 3 is 2.21 bits per heavy atom. The summed E-state index contributed by atoms with van der Waals surface area (Å²) in [6.45, 7) is 11.2. The van der Waals surface area contributed by atoms with Crippen LogP contribution in [0.4, 0.5) is 0 Å². The molecule has 0 aliphatic heterocycles. The molecule has 19 heavy (non-hydrogen) atoms. The molecule has 0 N–H and O–H groups in total. The van der Waals surface area contributed by atoms with E-state index >= 15 is 0 Å². The van der Waals surface area contributed by atoms with Crippen LogP contribution >= 0.6 is 0 Å². The molecule has 0 aromatic heterocycles. The topological polar surface area (TPSA) is 0 Å². The Kier molecular flexibility index (Phi) is 4.29. The van der Waals surface area contributed by atoms with Gasteiger partial charge >= 0.3 is 0 Å². The Hall–Kier alpha value is -1.30. The third-order valence-electron chi connectivity index (χ3n) is 4.42. The van der Waals surface area contributed by atoms with Gasteiger partial charge in [0.1, 0.15) is 0 Å². The summed E-state index contributed by atoms with van der Waals surface area (Å²) in [7, 11) is 0. The fourth-order valence-corrected chi connectivity index (χ4v) is 3.34. The minimum absolute atomic E-state index is 0.690. The van der Waals surface area contributed by atoms with Crippen molar-refractivity contribution in [1.82, 2.24) is 0 Å². The molecule has 0 saturated heterocycles. The van der Waals surface area contributed by atoms with Crippen LogP contribution in [0.25, 0.3) is 0 Å². The van der Waals surface area contributed by atoms with E-state index < -0.39 is 0 Å². The maximum Gasteiger partial charge on any atom is -0.0128 e. The normalized spacial score (nSPS) is 19.1. The fourth-order valence-electron chi connectivity index (χ4n) is 3.34. The molecular formula is C19H26. The first-order valence-corrected chi connectivity index (χ1v) is 7.45. The number of hydrogen-bond acceptors (Lipinski definition) is 0. The van der Waals surface area contributed by atoms with E-state index in [9.17, 15) is 0 Å². The van der Waals surface area contributed by atoms with Gasteiger partial charge in [-0.2, -0.15) is 0 Å². The lowest BCUT2D eigenvalue weighted by Crippen LogP contribution is -2.09. The summed E-state index contributed by atoms with van der Waals surface area (Å²) in [4.78, 5) is 0. The van der Waals surface area contributed by atoms with E-state index in [0.717, 1.165) is 6.42 Å². The van der Waals surface area contributed by atoms with Gasteiger partial charge < -0.3 is 0 Å². The van der Waals surface area contributed by atoms with Gasteiger partial charge in [0.05, 0.1) is 0 Å². The van der Waals surface area contributed by atoms with Crippen LogP contribution in [0.3, 0.4) is 0 Å². The molecule has 0 radical (unpaired) electrons. The van der Waals surface area contributed by atoms with Gasteiger partial charge in [-0.3, -0.25) is 0 Å². The van der Waals surface area contributed by atoms with Crippen molar-refractivity contribution in [2.75, 3.05) is 0 Å². The van der Waals surface area contributed by atoms with Crippen LogP contribution in [0.1, 0.15) is 49.4 Å². The second-order valence-electron chi connectivity index (χ2n) is 6.03. The molecule has 0 unspecified atom stereocenters. The van der Waals surface area contributed by atoms with Gasteiger partial charge in [-0.15, -0.1) is 0 Å². The van der Waals surface area contributed by atoms with E-state index in [4.69, 9.17) is 0 Å². The van der Waals surface area contributed by atoms with Gasteiger partial charge in [0, 0.05) is 0 Å². The molecule has 0 heteroatoms. The van der Waals surface area contributed by atoms with Crippen molar-refractivity contribution >= 4 is 0 Å². The van der Waals surface area contributed by atoms with Crippen molar-refractivity contribution in [1.29, 1.82) is 0 Å². The van der Waals surface area contributed by atoms with Crippen LogP contribution < -0.4 is 0 Å². The van der Waals surface area contributed by atoms with Gasteiger partial charge in [-0.05, 0) is 75.1 Å². The summed E-state index contributed by atoms with van der Waals surface area (Å²) >= 11 is 0. The van der Waals surface area contributed by atoms with Crippen LogP contribution in [0.2, 0.25) is 0 Å². The number of hydrogen-bond donors (Lipinski definition) is 0. The second kappa shape index (κ2) is 5.77. The molecule has 0 bridgehead atoms. The van der Waals surface area contributed by atoms with E-state index in [-0.39, 0.29) is 0 Å². The van der Waals surface area contributed by atoms with Crippen molar-refractivity contribution in [3.8, 4) is 0 Å². The highest BCUT2D eigenvalue weighted by Crippen LogP contribution is 2.28. The quantitative estimate of drug-likeness (QED) is 0.684. The summed E-state index contributed by atoms with van der Waals surface area (Å²) in [6, 6.07) is 4.79. The molecule has 0 saturated carbocycles. The predicted octanol–water partition coefficient (Wildman–Crippen LogP) is 5.32. The monoisotopic (exact) mass is 254 g/mol. The Labute approximate surface area is 118 Å². The highest BCUT2D eigenvalue weighted by molar-refractivity contribution is 5.39. The molecule has 0 amide bonds. The molecule has 0 fully saturated rings. The summed E-state index contributed by atoms with van der Waals surface area (Å²) in [5, 5.41) is 0. The van der Waals surface area contributed by atoms with Crippen molar-refractivity contribution in [2.24, 2.45) is 5.92 Å². The highest BCUT2D eigenvalue weighted by Gasteiger charge is 2.15. The minimum Gasteiger partial charge on any atom is -0.0810 e. The third-order valence-corrected chi connectivity index (χ3v) is 4.42. The Morgan fingerprint density at radius 2 is 1.68 bits per heavy atom. The largest absolute Gasteiger partial charge is 0.0810 e. The predicted molar refractivity (Wildman–Crippen MR) is 84.6 cm³/mol. The molecular weight excluding hydrogens is 228 g/mol. The Balaban J connectivity index is 2.19. The third kappa shape index (κ3) is 3.18. The van der Waals surface area contributed by atoms with E-state index in [0.29, 0.717) is 5.92 Å². The lowest BCUT2D eigenvalue weighted by Gasteiger charge is -2.21. The average molecular weight is 254 g/mol. The molecule has 0 nitrogen and oxygen atoms in total. The van der Waals surface area contributed by atoms with E-state index in [1.165, 1.54) is 46.2 Å². The molecule has 2 rings (SSSR count). The second-order valence-corrected chi connectivity index (χ2v) is 6.03. The Morgan fingerprint density at radius 1 is 1.05 bits per heavy atom. The zero-order valence-corrected chi connectivity index (χ0v) is 13.0. The van der Waals surface area contributed by atoms with Crippen molar-refractivity contribution in [3.63, 3.8) is 0 Å². The van der Waals surface area contributed by atoms with E-state index in [1.54, 1.807) is 0 Å². The SMILES string of the molecule is CCc1c(C)cc(C[C@H]2CC=C(C)C=C2C)cc1C. The summed E-state index contributed by atoms with van der Waals surface area (Å²) in [5.74, 6) is 0.690. The fraction of sp³-hybridized carbons (Fsp3) is 0.474. The van der Waals surface area contributed by atoms with Gasteiger partial charge in [-0.1, -0.05) is 42.4 Å². The number of benzene rings is 1. The lowest BCUT2D eigenvalue weighted by molar-refractivity contribution is 0.608. The maximum absolute atomic E-state index is 2.39. The first-order chi connectivity index (χ1) is 9.01. The van der Waals surface area contributed by atoms with Crippen LogP contribution in [0.5, 0.6) is 0 Å². The average Bonchev–Trinajstić information content (AvgIpc) is 2.32. The smallest absolute Gasteiger partial charge is 0.0128 e. The molecule has 0 heterocycles. The van der Waals surface area contributed by atoms with Gasteiger partial charge in [0.25, 0.3) is 0 Å². The highest BCUT2D eigenvalue weighted by atomic mass is 14.2. The van der Waals surface area contributed by atoms with Crippen molar-refractivity contribution in [2.45, 2.75) is 53.9 Å². The number of aryl methyl sites for hydroxylation is 2. The van der Waals surface area contributed by atoms with Crippen LogP contribution in [-0.2, 0) is 12.8 Å². The van der Waals surface area contributed by atoms with E-state index in [1.807, 2.05) is 0 Å². The molecule has 1 aliphatic rings. The molecule has 1 aliphatic carbocycles. The van der Waals surface area contributed by atoms with Crippen LogP contribution in [0.15, 0.2) is 35.4 Å². The van der Waals surface area contributed by atoms with Gasteiger partial charge in [-0.25, -0.2) is 0 Å². The maximum atomic E-state index is 2.39. The van der Waals surface area contributed by atoms with Gasteiger partial charge in [0.2, 0.25) is 0 Å². The summed E-state index contributed by atoms with van der Waals surface area (Å²) < 4.78 is 0. The molecule has 102 valence electrons. The van der Waals surface area contributed by atoms with Crippen molar-refractivity contribution in [3.05, 3.63) is 57.7 Å².